The van der Waals surface area contributed by atoms with E-state index in [0.29, 0.717) is 34.0 Å². The van der Waals surface area contributed by atoms with Crippen molar-refractivity contribution in [2.45, 2.75) is 6.10 Å². The molecular weight excluding hydrogens is 366 g/mol. The summed E-state index contributed by atoms with van der Waals surface area (Å²) in [6.45, 7) is 0. The van der Waals surface area contributed by atoms with E-state index in [4.69, 9.17) is 15.6 Å². The molecule has 4 aromatic rings. The summed E-state index contributed by atoms with van der Waals surface area (Å²) in [5.41, 5.74) is 9.14. The Bertz CT molecular complexity index is 1170. The lowest BCUT2D eigenvalue weighted by Gasteiger charge is -2.12. The molecule has 144 valence electrons. The number of benzene rings is 3. The molecule has 3 aromatic carbocycles. The number of fused-ring (bicyclic) bond motifs is 1. The summed E-state index contributed by atoms with van der Waals surface area (Å²) in [4.78, 5) is 12.4. The molecule has 0 aliphatic rings. The fraction of sp³-hybridized carbons (Fsp3) is 0.0435. The average molecular weight is 386 g/mol. The van der Waals surface area contributed by atoms with Crippen molar-refractivity contribution in [3.8, 4) is 0 Å². The fourth-order valence-electron chi connectivity index (χ4n) is 3.11. The van der Waals surface area contributed by atoms with Crippen LogP contribution in [0.2, 0.25) is 0 Å². The van der Waals surface area contributed by atoms with Crippen molar-refractivity contribution in [1.82, 2.24) is 0 Å². The maximum Gasteiger partial charge on any atom is 0.257 e. The van der Waals surface area contributed by atoms with E-state index in [1.54, 1.807) is 42.5 Å². The maximum atomic E-state index is 12.4. The monoisotopic (exact) mass is 386 g/mol. The SMILES string of the molecule is Nc1ccc(NC(=O)C(O)c2ccccc2)cc1C(=[NH2+])c1cc2ccccc2o1. The highest BCUT2D eigenvalue weighted by Gasteiger charge is 2.21. The Kier molecular flexibility index (Phi) is 4.85. The van der Waals surface area contributed by atoms with Crippen molar-refractivity contribution >= 4 is 34.0 Å². The predicted octanol–water partition coefficient (Wildman–Crippen LogP) is 2.28. The van der Waals surface area contributed by atoms with Gasteiger partial charge >= 0.3 is 0 Å². The van der Waals surface area contributed by atoms with Gasteiger partial charge in [0.05, 0.1) is 5.56 Å². The maximum absolute atomic E-state index is 12.4. The number of rotatable bonds is 5. The molecule has 0 spiro atoms. The topological polar surface area (TPSA) is 114 Å². The van der Waals surface area contributed by atoms with Gasteiger partial charge in [0.15, 0.2) is 11.9 Å². The van der Waals surface area contributed by atoms with Gasteiger partial charge < -0.3 is 20.6 Å². The van der Waals surface area contributed by atoms with Crippen molar-refractivity contribution in [2.75, 3.05) is 11.1 Å². The summed E-state index contributed by atoms with van der Waals surface area (Å²) in [5.74, 6) is -0.0556. The van der Waals surface area contributed by atoms with Gasteiger partial charge in [-0.15, -0.1) is 0 Å². The van der Waals surface area contributed by atoms with Crippen LogP contribution in [0.3, 0.4) is 0 Å². The lowest BCUT2D eigenvalue weighted by molar-refractivity contribution is -0.124. The van der Waals surface area contributed by atoms with E-state index in [-0.39, 0.29) is 0 Å². The van der Waals surface area contributed by atoms with Gasteiger partial charge in [0.25, 0.3) is 5.91 Å². The highest BCUT2D eigenvalue weighted by atomic mass is 16.3. The van der Waals surface area contributed by atoms with Gasteiger partial charge in [0.2, 0.25) is 5.71 Å². The van der Waals surface area contributed by atoms with Gasteiger partial charge in [-0.05, 0) is 35.9 Å². The van der Waals surface area contributed by atoms with E-state index in [9.17, 15) is 9.90 Å². The minimum Gasteiger partial charge on any atom is -0.450 e. The van der Waals surface area contributed by atoms with Crippen LogP contribution in [0.25, 0.3) is 11.0 Å². The third kappa shape index (κ3) is 3.74. The van der Waals surface area contributed by atoms with Crippen LogP contribution < -0.4 is 16.5 Å². The first kappa shape index (κ1) is 18.5. The first-order valence-corrected chi connectivity index (χ1v) is 9.08. The van der Waals surface area contributed by atoms with Crippen LogP contribution in [0.4, 0.5) is 11.4 Å². The minimum atomic E-state index is -1.28. The number of aliphatic hydroxyl groups excluding tert-OH is 1. The molecule has 0 saturated carbocycles. The van der Waals surface area contributed by atoms with Crippen LogP contribution in [0.1, 0.15) is 23.0 Å². The van der Waals surface area contributed by atoms with E-state index in [1.807, 2.05) is 36.4 Å². The Labute approximate surface area is 167 Å². The van der Waals surface area contributed by atoms with Crippen molar-refractivity contribution < 1.29 is 19.7 Å². The van der Waals surface area contributed by atoms with Gasteiger partial charge in [-0.25, -0.2) is 0 Å². The first-order chi connectivity index (χ1) is 14.0. The number of carbonyl (C=O) groups excluding carboxylic acids is 1. The number of nitrogens with one attached hydrogen (secondary N) is 1. The Balaban J connectivity index is 1.58. The van der Waals surface area contributed by atoms with Crippen molar-refractivity contribution in [3.05, 3.63) is 95.7 Å². The third-order valence-electron chi connectivity index (χ3n) is 4.67. The Morgan fingerprint density at radius 3 is 2.48 bits per heavy atom. The van der Waals surface area contributed by atoms with Crippen LogP contribution >= 0.6 is 0 Å². The number of anilines is 2. The van der Waals surface area contributed by atoms with E-state index in [0.717, 1.165) is 11.0 Å². The number of para-hydroxylation sites is 1. The molecule has 0 aliphatic carbocycles. The van der Waals surface area contributed by atoms with Crippen LogP contribution in [-0.2, 0) is 4.79 Å². The second-order valence-electron chi connectivity index (χ2n) is 6.67. The normalized spacial score (nSPS) is 11.9. The number of carbonyl (C=O) groups is 1. The molecule has 1 aromatic heterocycles. The van der Waals surface area contributed by atoms with Crippen LogP contribution in [0.15, 0.2) is 83.3 Å². The highest BCUT2D eigenvalue weighted by Crippen LogP contribution is 2.25. The molecule has 29 heavy (non-hydrogen) atoms. The van der Waals surface area contributed by atoms with Gasteiger partial charge in [-0.3, -0.25) is 10.2 Å². The smallest absolute Gasteiger partial charge is 0.257 e. The number of furan rings is 1. The van der Waals surface area contributed by atoms with E-state index in [2.05, 4.69) is 5.32 Å². The molecule has 6 heteroatoms. The number of nitrogen functional groups attached to an aromatic ring is 1. The largest absolute Gasteiger partial charge is 0.450 e. The predicted molar refractivity (Wildman–Crippen MR) is 112 cm³/mol. The van der Waals surface area contributed by atoms with Crippen molar-refractivity contribution in [3.63, 3.8) is 0 Å². The Morgan fingerprint density at radius 1 is 1.00 bits per heavy atom. The Morgan fingerprint density at radius 2 is 1.72 bits per heavy atom. The van der Waals surface area contributed by atoms with Crippen LogP contribution in [-0.4, -0.2) is 16.7 Å². The number of hydrogen-bond donors (Lipinski definition) is 4. The highest BCUT2D eigenvalue weighted by molar-refractivity contribution is 6.12. The standard InChI is InChI=1S/C23H19N3O3/c24-18-11-10-16(26-23(28)22(27)14-6-2-1-3-7-14)13-17(18)21(25)20-12-15-8-4-5-9-19(15)29-20/h1-13,22,25,27H,24H2,(H,26,28)/p+1. The second-order valence-corrected chi connectivity index (χ2v) is 6.67. The van der Waals surface area contributed by atoms with E-state index in [1.165, 1.54) is 0 Å². The summed E-state index contributed by atoms with van der Waals surface area (Å²) in [6.07, 6.45) is -1.28. The van der Waals surface area contributed by atoms with Crippen molar-refractivity contribution in [2.24, 2.45) is 0 Å². The third-order valence-corrected chi connectivity index (χ3v) is 4.67. The fourth-order valence-corrected chi connectivity index (χ4v) is 3.11. The molecule has 1 atom stereocenters. The summed E-state index contributed by atoms with van der Waals surface area (Å²) in [6, 6.07) is 23.1. The molecule has 0 bridgehead atoms. The van der Waals surface area contributed by atoms with Gasteiger partial charge in [0.1, 0.15) is 5.58 Å². The summed E-state index contributed by atoms with van der Waals surface area (Å²) < 4.78 is 5.81. The molecule has 6 nitrogen and oxygen atoms in total. The lowest BCUT2D eigenvalue weighted by Crippen LogP contribution is -2.41. The Hall–Kier alpha value is -3.90. The molecule has 0 radical (unpaired) electrons. The molecule has 4 rings (SSSR count). The minimum absolute atomic E-state index is 0.360. The van der Waals surface area contributed by atoms with Crippen molar-refractivity contribution in [1.29, 1.82) is 0 Å². The van der Waals surface area contributed by atoms with Crippen LogP contribution in [0.5, 0.6) is 0 Å². The zero-order valence-electron chi connectivity index (χ0n) is 15.5. The molecule has 0 saturated heterocycles. The molecule has 1 heterocycles. The quantitative estimate of drug-likeness (QED) is 0.311. The molecule has 6 N–H and O–H groups in total. The summed E-state index contributed by atoms with van der Waals surface area (Å²) in [7, 11) is 0. The lowest BCUT2D eigenvalue weighted by atomic mass is 10.0. The number of hydrogen-bond acceptors (Lipinski definition) is 4. The van der Waals surface area contributed by atoms with Crippen LogP contribution in [0, 0.1) is 0 Å². The molecule has 0 fully saturated rings. The van der Waals surface area contributed by atoms with E-state index < -0.39 is 12.0 Å². The molecule has 1 amide bonds. The summed E-state index contributed by atoms with van der Waals surface area (Å²) >= 11 is 0. The zero-order chi connectivity index (χ0) is 20.4. The second kappa shape index (κ2) is 7.61. The molecule has 0 aliphatic heterocycles. The van der Waals surface area contributed by atoms with Gasteiger partial charge in [-0.1, -0.05) is 48.5 Å². The van der Waals surface area contributed by atoms with E-state index >= 15 is 0 Å². The molecule has 1 unspecified atom stereocenters. The number of amides is 1. The van der Waals surface area contributed by atoms with Gasteiger partial charge in [0, 0.05) is 16.8 Å². The zero-order valence-corrected chi connectivity index (χ0v) is 15.5. The van der Waals surface area contributed by atoms with Gasteiger partial charge in [-0.2, -0.15) is 0 Å². The molecular formula is C23H20N3O3+. The summed E-state index contributed by atoms with van der Waals surface area (Å²) in [5, 5.41) is 20.2. The first-order valence-electron chi connectivity index (χ1n) is 9.08. The number of aliphatic hydroxyl groups is 1. The number of nitrogens with two attached hydrogens (primary N) is 2. The average Bonchev–Trinajstić information content (AvgIpc) is 3.19.